The molecule has 0 atom stereocenters. The molecule has 0 amide bonds. The number of nitrogens with two attached hydrogens (primary N) is 1. The van der Waals surface area contributed by atoms with Gasteiger partial charge >= 0.3 is 5.69 Å². The summed E-state index contributed by atoms with van der Waals surface area (Å²) in [5, 5.41) is 0. The lowest BCUT2D eigenvalue weighted by atomic mass is 10.0. The number of hydrogen-bond donors (Lipinski definition) is 1. The van der Waals surface area contributed by atoms with Gasteiger partial charge in [-0.1, -0.05) is 30.3 Å². The zero-order valence-electron chi connectivity index (χ0n) is 12.3. The summed E-state index contributed by atoms with van der Waals surface area (Å²) in [6, 6.07) is 11.5. The molecule has 1 fully saturated rings. The van der Waals surface area contributed by atoms with E-state index < -0.39 is 5.79 Å². The first-order valence-corrected chi connectivity index (χ1v) is 7.36. The van der Waals surface area contributed by atoms with E-state index in [0.717, 1.165) is 12.0 Å². The van der Waals surface area contributed by atoms with Gasteiger partial charge in [0.15, 0.2) is 5.79 Å². The summed E-state index contributed by atoms with van der Waals surface area (Å²) in [5.41, 5.74) is 6.17. The van der Waals surface area contributed by atoms with Gasteiger partial charge in [0.25, 0.3) is 0 Å². The Bertz CT molecular complexity index is 679. The maximum absolute atomic E-state index is 11.7. The molecule has 2 aromatic rings. The highest BCUT2D eigenvalue weighted by Gasteiger charge is 2.37. The van der Waals surface area contributed by atoms with Crippen molar-refractivity contribution < 1.29 is 9.47 Å². The smallest absolute Gasteiger partial charge is 0.349 e. The molecule has 0 unspecified atom stereocenters. The van der Waals surface area contributed by atoms with Crippen LogP contribution in [0.25, 0.3) is 0 Å². The normalized spacial score (nSPS) is 16.7. The molecular weight excluding hydrogens is 282 g/mol. The topological polar surface area (TPSA) is 79.4 Å². The molecule has 6 heteroatoms. The van der Waals surface area contributed by atoms with Gasteiger partial charge < -0.3 is 15.2 Å². The lowest BCUT2D eigenvalue weighted by Crippen LogP contribution is -2.29. The Labute approximate surface area is 128 Å². The lowest BCUT2D eigenvalue weighted by molar-refractivity contribution is -0.172. The molecule has 2 heterocycles. The molecule has 0 radical (unpaired) electrons. The van der Waals surface area contributed by atoms with E-state index in [-0.39, 0.29) is 11.5 Å². The quantitative estimate of drug-likeness (QED) is 0.905. The zero-order chi connectivity index (χ0) is 15.4. The highest BCUT2D eigenvalue weighted by Crippen LogP contribution is 2.35. The number of hydrogen-bond acceptors (Lipinski definition) is 5. The van der Waals surface area contributed by atoms with Crippen LogP contribution >= 0.6 is 0 Å². The highest BCUT2D eigenvalue weighted by atomic mass is 16.7. The van der Waals surface area contributed by atoms with Gasteiger partial charge in [0.2, 0.25) is 0 Å². The number of rotatable bonds is 5. The summed E-state index contributed by atoms with van der Waals surface area (Å²) >= 11 is 0. The van der Waals surface area contributed by atoms with Gasteiger partial charge in [-0.3, -0.25) is 4.57 Å². The Morgan fingerprint density at radius 1 is 1.18 bits per heavy atom. The van der Waals surface area contributed by atoms with Gasteiger partial charge in [0, 0.05) is 24.7 Å². The van der Waals surface area contributed by atoms with E-state index in [1.807, 2.05) is 30.3 Å². The Balaban J connectivity index is 1.69. The predicted molar refractivity (Wildman–Crippen MR) is 82.2 cm³/mol. The number of ether oxygens (including phenoxy) is 2. The van der Waals surface area contributed by atoms with Crippen molar-refractivity contribution >= 4 is 5.82 Å². The van der Waals surface area contributed by atoms with Crippen molar-refractivity contribution in [3.05, 3.63) is 58.6 Å². The van der Waals surface area contributed by atoms with Gasteiger partial charge in [-0.25, -0.2) is 4.79 Å². The van der Waals surface area contributed by atoms with Crippen LogP contribution < -0.4 is 11.4 Å². The van der Waals surface area contributed by atoms with Crippen LogP contribution in [0.2, 0.25) is 0 Å². The molecule has 116 valence electrons. The summed E-state index contributed by atoms with van der Waals surface area (Å²) in [4.78, 5) is 15.4. The second-order valence-electron chi connectivity index (χ2n) is 5.25. The highest BCUT2D eigenvalue weighted by molar-refractivity contribution is 5.23. The largest absolute Gasteiger partial charge is 0.383 e. The van der Waals surface area contributed by atoms with Crippen LogP contribution in [-0.2, 0) is 21.8 Å². The standard InChI is InChI=1S/C16H19N3O3/c17-14-7-10-19(15(20)18-14)9-4-8-16(21-11-12-22-16)13-5-2-1-3-6-13/h1-3,5-7,10H,4,8-9,11-12H2,(H2,17,18,20). The van der Waals surface area contributed by atoms with Crippen LogP contribution in [0, 0.1) is 0 Å². The van der Waals surface area contributed by atoms with E-state index in [9.17, 15) is 4.79 Å². The SMILES string of the molecule is Nc1ccn(CCCC2(c3ccccc3)OCCO2)c(=O)n1. The van der Waals surface area contributed by atoms with Crippen LogP contribution in [-0.4, -0.2) is 22.8 Å². The van der Waals surface area contributed by atoms with E-state index in [4.69, 9.17) is 15.2 Å². The maximum Gasteiger partial charge on any atom is 0.349 e. The molecule has 1 aliphatic heterocycles. The molecule has 1 saturated heterocycles. The molecule has 1 aromatic heterocycles. The molecular formula is C16H19N3O3. The fourth-order valence-electron chi connectivity index (χ4n) is 2.70. The molecule has 22 heavy (non-hydrogen) atoms. The molecule has 1 aliphatic rings. The van der Waals surface area contributed by atoms with Crippen molar-refractivity contribution in [2.45, 2.75) is 25.2 Å². The van der Waals surface area contributed by atoms with Crippen molar-refractivity contribution in [3.63, 3.8) is 0 Å². The molecule has 0 spiro atoms. The van der Waals surface area contributed by atoms with E-state index >= 15 is 0 Å². The summed E-state index contributed by atoms with van der Waals surface area (Å²) in [6.07, 6.45) is 3.07. The van der Waals surface area contributed by atoms with Crippen molar-refractivity contribution in [2.75, 3.05) is 18.9 Å². The second kappa shape index (κ2) is 6.29. The monoisotopic (exact) mass is 301 g/mol. The number of aromatic nitrogens is 2. The molecule has 3 rings (SSSR count). The molecule has 1 aromatic carbocycles. The predicted octanol–water partition coefficient (Wildman–Crippen LogP) is 1.51. The molecule has 0 aliphatic carbocycles. The van der Waals surface area contributed by atoms with Gasteiger partial charge in [0.05, 0.1) is 13.2 Å². The molecule has 6 nitrogen and oxygen atoms in total. The van der Waals surface area contributed by atoms with Crippen LogP contribution in [0.15, 0.2) is 47.4 Å². The van der Waals surface area contributed by atoms with Crippen molar-refractivity contribution in [1.29, 1.82) is 0 Å². The third-order valence-electron chi connectivity index (χ3n) is 3.77. The van der Waals surface area contributed by atoms with Crippen molar-refractivity contribution in [2.24, 2.45) is 0 Å². The first kappa shape index (κ1) is 14.7. The van der Waals surface area contributed by atoms with E-state index in [1.54, 1.807) is 16.8 Å². The lowest BCUT2D eigenvalue weighted by Gasteiger charge is -2.28. The number of nitrogen functional groups attached to an aromatic ring is 1. The minimum atomic E-state index is -0.702. The van der Waals surface area contributed by atoms with Crippen molar-refractivity contribution in [1.82, 2.24) is 9.55 Å². The number of nitrogens with zero attached hydrogens (tertiary/aromatic N) is 2. The number of benzene rings is 1. The van der Waals surface area contributed by atoms with Gasteiger partial charge in [0.1, 0.15) is 5.82 Å². The van der Waals surface area contributed by atoms with Gasteiger partial charge in [-0.05, 0) is 12.5 Å². The van der Waals surface area contributed by atoms with E-state index in [2.05, 4.69) is 4.98 Å². The Morgan fingerprint density at radius 2 is 1.91 bits per heavy atom. The second-order valence-corrected chi connectivity index (χ2v) is 5.25. The van der Waals surface area contributed by atoms with Crippen LogP contribution in [0.1, 0.15) is 18.4 Å². The van der Waals surface area contributed by atoms with E-state index in [1.165, 1.54) is 0 Å². The molecule has 0 saturated carbocycles. The maximum atomic E-state index is 11.7. The Kier molecular flexibility index (Phi) is 4.22. The summed E-state index contributed by atoms with van der Waals surface area (Å²) < 4.78 is 13.3. The van der Waals surface area contributed by atoms with Crippen LogP contribution in [0.3, 0.4) is 0 Å². The fraction of sp³-hybridized carbons (Fsp3) is 0.375. The minimum absolute atomic E-state index is 0.240. The third kappa shape index (κ3) is 3.03. The van der Waals surface area contributed by atoms with Crippen molar-refractivity contribution in [3.8, 4) is 0 Å². The van der Waals surface area contributed by atoms with Gasteiger partial charge in [-0.2, -0.15) is 4.98 Å². The first-order valence-electron chi connectivity index (χ1n) is 7.36. The summed E-state index contributed by atoms with van der Waals surface area (Å²) in [7, 11) is 0. The Hall–Kier alpha value is -2.18. The average molecular weight is 301 g/mol. The molecule has 2 N–H and O–H groups in total. The number of aryl methyl sites for hydroxylation is 1. The molecule has 0 bridgehead atoms. The van der Waals surface area contributed by atoms with Gasteiger partial charge in [-0.15, -0.1) is 0 Å². The fourth-order valence-corrected chi connectivity index (χ4v) is 2.70. The number of anilines is 1. The summed E-state index contributed by atoms with van der Waals surface area (Å²) in [6.45, 7) is 1.71. The third-order valence-corrected chi connectivity index (χ3v) is 3.77. The van der Waals surface area contributed by atoms with Crippen LogP contribution in [0.5, 0.6) is 0 Å². The van der Waals surface area contributed by atoms with Crippen LogP contribution in [0.4, 0.5) is 5.82 Å². The average Bonchev–Trinajstić information content (AvgIpc) is 3.00. The first-order chi connectivity index (χ1) is 10.7. The van der Waals surface area contributed by atoms with E-state index in [0.29, 0.717) is 26.2 Å². The summed E-state index contributed by atoms with van der Waals surface area (Å²) in [5.74, 6) is -0.462. The zero-order valence-corrected chi connectivity index (χ0v) is 12.3. The minimum Gasteiger partial charge on any atom is -0.383 e. The Morgan fingerprint density at radius 3 is 2.59 bits per heavy atom.